The molecule has 142 valence electrons. The van der Waals surface area contributed by atoms with Crippen molar-refractivity contribution in [1.82, 2.24) is 25.1 Å². The summed E-state index contributed by atoms with van der Waals surface area (Å²) < 4.78 is 2.20. The fourth-order valence-electron chi connectivity index (χ4n) is 4.69. The minimum atomic E-state index is 0.405. The number of nitrogens with zero attached hydrogens (tertiary/aromatic N) is 3. The third-order valence-corrected chi connectivity index (χ3v) is 6.35. The Bertz CT molecular complexity index is 725. The van der Waals surface area contributed by atoms with Gasteiger partial charge in [-0.2, -0.15) is 0 Å². The fourth-order valence-corrected chi connectivity index (χ4v) is 4.69. The summed E-state index contributed by atoms with van der Waals surface area (Å²) in [7, 11) is 2.12. The van der Waals surface area contributed by atoms with Crippen molar-refractivity contribution in [2.45, 2.75) is 38.6 Å². The van der Waals surface area contributed by atoms with Crippen LogP contribution in [0.1, 0.15) is 43.0 Å². The highest BCUT2D eigenvalue weighted by atomic mass is 15.1. The molecule has 2 aromatic rings. The number of pyridine rings is 1. The van der Waals surface area contributed by atoms with Crippen molar-refractivity contribution < 1.29 is 0 Å². The number of rotatable bonds is 6. The molecule has 2 aliphatic heterocycles. The number of aryl methyl sites for hydroxylation is 2. The van der Waals surface area contributed by atoms with Crippen LogP contribution < -0.4 is 10.6 Å². The Balaban J connectivity index is 1.54. The number of likely N-dealkylation sites (tertiary alicyclic amines) is 1. The Hall–Kier alpha value is -1.43. The molecule has 2 saturated heterocycles. The summed E-state index contributed by atoms with van der Waals surface area (Å²) in [6, 6.07) is 4.94. The van der Waals surface area contributed by atoms with Crippen molar-refractivity contribution in [2.24, 2.45) is 13.0 Å². The summed E-state index contributed by atoms with van der Waals surface area (Å²) >= 11 is 0. The van der Waals surface area contributed by atoms with Crippen LogP contribution in [0.2, 0.25) is 0 Å². The summed E-state index contributed by atoms with van der Waals surface area (Å²) in [4.78, 5) is 7.26. The van der Waals surface area contributed by atoms with Gasteiger partial charge in [-0.3, -0.25) is 0 Å². The smallest absolute Gasteiger partial charge is 0.140 e. The maximum atomic E-state index is 4.64. The van der Waals surface area contributed by atoms with Gasteiger partial charge in [0.1, 0.15) is 5.65 Å². The highest BCUT2D eigenvalue weighted by Gasteiger charge is 2.28. The monoisotopic (exact) mass is 355 g/mol. The molecule has 5 nitrogen and oxygen atoms in total. The van der Waals surface area contributed by atoms with Crippen LogP contribution in [0, 0.1) is 12.8 Å². The van der Waals surface area contributed by atoms with Crippen molar-refractivity contribution in [1.29, 1.82) is 0 Å². The first kappa shape index (κ1) is 18.0. The number of hydrogen-bond donors (Lipinski definition) is 2. The van der Waals surface area contributed by atoms with E-state index in [0.717, 1.165) is 25.3 Å². The maximum absolute atomic E-state index is 4.64. The van der Waals surface area contributed by atoms with Crippen LogP contribution in [-0.4, -0.2) is 53.7 Å². The Kier molecular flexibility index (Phi) is 5.57. The lowest BCUT2D eigenvalue weighted by atomic mass is 9.91. The van der Waals surface area contributed by atoms with Crippen LogP contribution >= 0.6 is 0 Å². The Labute approximate surface area is 157 Å². The van der Waals surface area contributed by atoms with Crippen molar-refractivity contribution in [3.63, 3.8) is 0 Å². The number of nitrogens with one attached hydrogen (secondary N) is 2. The second kappa shape index (κ2) is 8.07. The molecule has 0 radical (unpaired) electrons. The quantitative estimate of drug-likeness (QED) is 0.836. The van der Waals surface area contributed by atoms with E-state index in [1.165, 1.54) is 62.0 Å². The van der Waals surface area contributed by atoms with Crippen molar-refractivity contribution >= 4 is 11.0 Å². The number of fused-ring (bicyclic) bond motifs is 1. The third kappa shape index (κ3) is 3.66. The highest BCUT2D eigenvalue weighted by molar-refractivity contribution is 5.81. The molecule has 2 aliphatic rings. The molecule has 0 aromatic carbocycles. The molecule has 2 fully saturated rings. The van der Waals surface area contributed by atoms with E-state index >= 15 is 0 Å². The molecular weight excluding hydrogens is 322 g/mol. The molecule has 0 amide bonds. The summed E-state index contributed by atoms with van der Waals surface area (Å²) in [5, 5.41) is 8.80. The van der Waals surface area contributed by atoms with Gasteiger partial charge in [-0.15, -0.1) is 0 Å². The standard InChI is InChI=1S/C21H33N5/c1-16-14-19-18(7-9-24-21(19)25(16)2)20(17-6-8-22-15-17)23-10-13-26-11-4-3-5-12-26/h7,9,14,17,20,22-23H,3-6,8,10-13,15H2,1-2H3. The third-order valence-electron chi connectivity index (χ3n) is 6.35. The van der Waals surface area contributed by atoms with Crippen LogP contribution in [0.5, 0.6) is 0 Å². The second-order valence-corrected chi connectivity index (χ2v) is 8.07. The van der Waals surface area contributed by atoms with E-state index in [1.807, 2.05) is 6.20 Å². The van der Waals surface area contributed by atoms with E-state index in [0.29, 0.717) is 12.0 Å². The topological polar surface area (TPSA) is 45.1 Å². The van der Waals surface area contributed by atoms with Gasteiger partial charge >= 0.3 is 0 Å². The maximum Gasteiger partial charge on any atom is 0.140 e. The summed E-state index contributed by atoms with van der Waals surface area (Å²) in [5.41, 5.74) is 3.80. The lowest BCUT2D eigenvalue weighted by Gasteiger charge is -2.29. The summed E-state index contributed by atoms with van der Waals surface area (Å²) in [6.45, 7) is 9.19. The average molecular weight is 356 g/mol. The van der Waals surface area contributed by atoms with E-state index < -0.39 is 0 Å². The molecule has 0 saturated carbocycles. The van der Waals surface area contributed by atoms with Crippen LogP contribution in [0.4, 0.5) is 0 Å². The zero-order chi connectivity index (χ0) is 17.9. The predicted octanol–water partition coefficient (Wildman–Crippen LogP) is 2.61. The van der Waals surface area contributed by atoms with E-state index in [2.05, 4.69) is 51.2 Å². The summed E-state index contributed by atoms with van der Waals surface area (Å²) in [6.07, 6.45) is 7.37. The van der Waals surface area contributed by atoms with Gasteiger partial charge in [0.25, 0.3) is 0 Å². The Morgan fingerprint density at radius 1 is 1.31 bits per heavy atom. The Morgan fingerprint density at radius 2 is 2.15 bits per heavy atom. The lowest BCUT2D eigenvalue weighted by molar-refractivity contribution is 0.222. The largest absolute Gasteiger partial charge is 0.333 e. The van der Waals surface area contributed by atoms with Gasteiger partial charge in [0.2, 0.25) is 0 Å². The van der Waals surface area contributed by atoms with Gasteiger partial charge < -0.3 is 20.1 Å². The zero-order valence-corrected chi connectivity index (χ0v) is 16.3. The zero-order valence-electron chi connectivity index (χ0n) is 16.3. The van der Waals surface area contributed by atoms with Crippen molar-refractivity contribution in [3.05, 3.63) is 29.6 Å². The van der Waals surface area contributed by atoms with Gasteiger partial charge in [0, 0.05) is 43.5 Å². The normalized spacial score (nSPS) is 22.9. The first-order chi connectivity index (χ1) is 12.7. The highest BCUT2D eigenvalue weighted by Crippen LogP contribution is 2.32. The van der Waals surface area contributed by atoms with Gasteiger partial charge in [0.05, 0.1) is 0 Å². The molecule has 2 aromatic heterocycles. The van der Waals surface area contributed by atoms with E-state index in [1.54, 1.807) is 0 Å². The van der Waals surface area contributed by atoms with Crippen LogP contribution in [0.15, 0.2) is 18.3 Å². The Morgan fingerprint density at radius 3 is 2.92 bits per heavy atom. The van der Waals surface area contributed by atoms with Crippen molar-refractivity contribution in [2.75, 3.05) is 39.3 Å². The minimum Gasteiger partial charge on any atom is -0.333 e. The van der Waals surface area contributed by atoms with Gasteiger partial charge in [-0.25, -0.2) is 4.98 Å². The molecule has 26 heavy (non-hydrogen) atoms. The number of hydrogen-bond acceptors (Lipinski definition) is 4. The van der Waals surface area contributed by atoms with E-state index in [-0.39, 0.29) is 0 Å². The van der Waals surface area contributed by atoms with Crippen molar-refractivity contribution in [3.8, 4) is 0 Å². The molecule has 5 heteroatoms. The molecular formula is C21H33N5. The molecule has 2 N–H and O–H groups in total. The lowest BCUT2D eigenvalue weighted by Crippen LogP contribution is -2.38. The number of aromatic nitrogens is 2. The molecule has 4 rings (SSSR count). The fraction of sp³-hybridized carbons (Fsp3) is 0.667. The first-order valence-corrected chi connectivity index (χ1v) is 10.3. The van der Waals surface area contributed by atoms with Crippen LogP contribution in [0.25, 0.3) is 11.0 Å². The molecule has 2 unspecified atom stereocenters. The predicted molar refractivity (Wildman–Crippen MR) is 107 cm³/mol. The SMILES string of the molecule is Cc1cc2c(C(NCCN3CCCCC3)C3CCNC3)ccnc2n1C. The van der Waals surface area contributed by atoms with Crippen LogP contribution in [0.3, 0.4) is 0 Å². The molecule has 0 spiro atoms. The van der Waals surface area contributed by atoms with E-state index in [4.69, 9.17) is 0 Å². The minimum absolute atomic E-state index is 0.405. The molecule has 4 heterocycles. The van der Waals surface area contributed by atoms with Gasteiger partial charge in [0.15, 0.2) is 0 Å². The van der Waals surface area contributed by atoms with Crippen LogP contribution in [-0.2, 0) is 7.05 Å². The van der Waals surface area contributed by atoms with Gasteiger partial charge in [-0.05, 0) is 76.0 Å². The molecule has 2 atom stereocenters. The van der Waals surface area contributed by atoms with E-state index in [9.17, 15) is 0 Å². The molecule has 0 bridgehead atoms. The van der Waals surface area contributed by atoms with Gasteiger partial charge in [-0.1, -0.05) is 6.42 Å². The number of piperidine rings is 1. The summed E-state index contributed by atoms with van der Waals surface area (Å²) in [5.74, 6) is 0.655. The second-order valence-electron chi connectivity index (χ2n) is 8.07. The first-order valence-electron chi connectivity index (χ1n) is 10.3. The molecule has 0 aliphatic carbocycles. The average Bonchev–Trinajstić information content (AvgIpc) is 3.29.